The third kappa shape index (κ3) is 28.8. The van der Waals surface area contributed by atoms with E-state index in [1.165, 1.54) is 0 Å². The van der Waals surface area contributed by atoms with Crippen LogP contribution < -0.4 is 0 Å². The molecule has 0 atom stereocenters. The highest BCUT2D eigenvalue weighted by atomic mass is 16.6. The summed E-state index contributed by atoms with van der Waals surface area (Å²) in [6.07, 6.45) is 3.70. The molecule has 0 aromatic heterocycles. The van der Waals surface area contributed by atoms with Crippen LogP contribution in [0.15, 0.2) is 0 Å². The summed E-state index contributed by atoms with van der Waals surface area (Å²) in [5.41, 5.74) is 0. The van der Waals surface area contributed by atoms with Crippen LogP contribution in [0.3, 0.4) is 0 Å². The van der Waals surface area contributed by atoms with Crippen molar-refractivity contribution in [2.75, 3.05) is 106 Å². The number of esters is 2. The van der Waals surface area contributed by atoms with E-state index in [0.29, 0.717) is 92.5 Å². The first-order chi connectivity index (χ1) is 17.2. The number of carbonyl (C=O) groups excluding carboxylic acids is 2. The van der Waals surface area contributed by atoms with Crippen molar-refractivity contribution < 1.29 is 52.2 Å². The third-order valence-corrected chi connectivity index (χ3v) is 4.19. The maximum absolute atomic E-state index is 11.3. The Bertz CT molecular complexity index is 423. The van der Waals surface area contributed by atoms with Crippen LogP contribution in [0.25, 0.3) is 0 Å². The predicted molar refractivity (Wildman–Crippen MR) is 127 cm³/mol. The van der Waals surface area contributed by atoms with Gasteiger partial charge in [0.1, 0.15) is 13.2 Å². The molecule has 0 saturated heterocycles. The summed E-state index contributed by atoms with van der Waals surface area (Å²) in [6.45, 7) is 10.0. The van der Waals surface area contributed by atoms with Gasteiger partial charge in [-0.1, -0.05) is 26.7 Å². The van der Waals surface area contributed by atoms with Crippen LogP contribution in [-0.4, -0.2) is 118 Å². The Morgan fingerprint density at radius 2 is 0.657 bits per heavy atom. The lowest BCUT2D eigenvalue weighted by atomic mass is 10.4. The van der Waals surface area contributed by atoms with E-state index in [1.54, 1.807) is 0 Å². The van der Waals surface area contributed by atoms with E-state index in [0.717, 1.165) is 25.7 Å². The minimum absolute atomic E-state index is 0.0503. The molecule has 0 heterocycles. The van der Waals surface area contributed by atoms with Crippen molar-refractivity contribution in [3.05, 3.63) is 0 Å². The van der Waals surface area contributed by atoms with Crippen molar-refractivity contribution in [3.8, 4) is 0 Å². The molecule has 0 aliphatic heterocycles. The highest BCUT2D eigenvalue weighted by Gasteiger charge is 2.03. The maximum atomic E-state index is 11.3. The SMILES string of the molecule is CCCCOC(=O)COCCOCCOCCOCCOCCOCCOCC(=O)OCCCC. The average molecular weight is 511 g/mol. The molecule has 0 aromatic rings. The fourth-order valence-electron chi connectivity index (χ4n) is 2.27. The summed E-state index contributed by atoms with van der Waals surface area (Å²) in [5, 5.41) is 0. The summed E-state index contributed by atoms with van der Waals surface area (Å²) in [6, 6.07) is 0. The molecule has 0 aliphatic rings. The Morgan fingerprint density at radius 1 is 0.400 bits per heavy atom. The van der Waals surface area contributed by atoms with Crippen LogP contribution in [0.4, 0.5) is 0 Å². The molecular weight excluding hydrogens is 464 g/mol. The van der Waals surface area contributed by atoms with Gasteiger partial charge in [0.05, 0.1) is 92.5 Å². The highest BCUT2D eigenvalue weighted by molar-refractivity contribution is 5.70. The van der Waals surface area contributed by atoms with Crippen LogP contribution in [-0.2, 0) is 52.2 Å². The molecule has 0 N–H and O–H groups in total. The number of hydrogen-bond acceptors (Lipinski definition) is 11. The van der Waals surface area contributed by atoms with Gasteiger partial charge < -0.3 is 42.6 Å². The summed E-state index contributed by atoms with van der Waals surface area (Å²) < 4.78 is 47.2. The van der Waals surface area contributed by atoms with E-state index in [4.69, 9.17) is 42.6 Å². The fraction of sp³-hybridized carbons (Fsp3) is 0.917. The minimum atomic E-state index is -0.347. The molecule has 0 saturated carbocycles. The Morgan fingerprint density at radius 3 is 0.914 bits per heavy atom. The lowest BCUT2D eigenvalue weighted by molar-refractivity contribution is -0.150. The predicted octanol–water partition coefficient (Wildman–Crippen LogP) is 1.79. The molecule has 11 heteroatoms. The van der Waals surface area contributed by atoms with Crippen LogP contribution in [0.5, 0.6) is 0 Å². The number of unbranched alkanes of at least 4 members (excludes halogenated alkanes) is 2. The molecule has 208 valence electrons. The van der Waals surface area contributed by atoms with Crippen molar-refractivity contribution in [1.29, 1.82) is 0 Å². The van der Waals surface area contributed by atoms with E-state index in [9.17, 15) is 9.59 Å². The van der Waals surface area contributed by atoms with E-state index < -0.39 is 0 Å². The lowest BCUT2D eigenvalue weighted by Gasteiger charge is -2.08. The standard InChI is InChI=1S/C24H46O11/c1-3-5-7-34-23(25)21-32-19-17-30-15-13-28-11-9-27-10-12-29-14-16-31-18-20-33-22-24(26)35-8-6-4-2/h3-22H2,1-2H3. The van der Waals surface area contributed by atoms with Crippen LogP contribution in [0.2, 0.25) is 0 Å². The monoisotopic (exact) mass is 510 g/mol. The highest BCUT2D eigenvalue weighted by Crippen LogP contribution is 1.91. The number of carbonyl (C=O) groups is 2. The van der Waals surface area contributed by atoms with Crippen LogP contribution >= 0.6 is 0 Å². The molecule has 0 rings (SSSR count). The normalized spacial score (nSPS) is 11.0. The van der Waals surface area contributed by atoms with Gasteiger partial charge >= 0.3 is 11.9 Å². The number of hydrogen-bond donors (Lipinski definition) is 0. The van der Waals surface area contributed by atoms with Crippen LogP contribution in [0.1, 0.15) is 39.5 Å². The molecule has 0 radical (unpaired) electrons. The fourth-order valence-corrected chi connectivity index (χ4v) is 2.27. The van der Waals surface area contributed by atoms with Gasteiger partial charge in [-0.15, -0.1) is 0 Å². The molecular formula is C24H46O11. The summed E-state index contributed by atoms with van der Waals surface area (Å²) in [5.74, 6) is -0.693. The molecule has 0 aliphatic carbocycles. The van der Waals surface area contributed by atoms with Gasteiger partial charge in [0.2, 0.25) is 0 Å². The Balaban J connectivity index is 3.12. The Labute approximate surface area is 209 Å². The van der Waals surface area contributed by atoms with Gasteiger partial charge in [-0.3, -0.25) is 0 Å². The first kappa shape index (κ1) is 33.7. The van der Waals surface area contributed by atoms with Crippen molar-refractivity contribution >= 4 is 11.9 Å². The average Bonchev–Trinajstić information content (AvgIpc) is 2.85. The summed E-state index contributed by atoms with van der Waals surface area (Å²) in [7, 11) is 0. The van der Waals surface area contributed by atoms with Crippen molar-refractivity contribution in [2.24, 2.45) is 0 Å². The third-order valence-electron chi connectivity index (χ3n) is 4.19. The van der Waals surface area contributed by atoms with Crippen molar-refractivity contribution in [2.45, 2.75) is 39.5 Å². The van der Waals surface area contributed by atoms with Gasteiger partial charge in [-0.25, -0.2) is 9.59 Å². The van der Waals surface area contributed by atoms with Gasteiger partial charge in [0, 0.05) is 0 Å². The Kier molecular flexibility index (Phi) is 27.8. The number of rotatable bonds is 28. The van der Waals surface area contributed by atoms with E-state index in [2.05, 4.69) is 0 Å². The van der Waals surface area contributed by atoms with Crippen molar-refractivity contribution in [3.63, 3.8) is 0 Å². The summed E-state index contributed by atoms with van der Waals surface area (Å²) >= 11 is 0. The first-order valence-corrected chi connectivity index (χ1v) is 12.6. The Hall–Kier alpha value is -1.34. The van der Waals surface area contributed by atoms with Crippen molar-refractivity contribution in [1.82, 2.24) is 0 Å². The van der Waals surface area contributed by atoms with Gasteiger partial charge in [0.25, 0.3) is 0 Å². The topological polar surface area (TPSA) is 117 Å². The van der Waals surface area contributed by atoms with E-state index in [-0.39, 0.29) is 25.2 Å². The first-order valence-electron chi connectivity index (χ1n) is 12.6. The quantitative estimate of drug-likeness (QED) is 0.113. The second-order valence-corrected chi connectivity index (χ2v) is 7.32. The zero-order valence-electron chi connectivity index (χ0n) is 21.6. The van der Waals surface area contributed by atoms with Gasteiger partial charge in [-0.05, 0) is 12.8 Å². The molecule has 0 spiro atoms. The zero-order chi connectivity index (χ0) is 25.7. The molecule has 0 bridgehead atoms. The van der Waals surface area contributed by atoms with E-state index >= 15 is 0 Å². The lowest BCUT2D eigenvalue weighted by Crippen LogP contribution is -2.17. The van der Waals surface area contributed by atoms with Crippen LogP contribution in [0, 0.1) is 0 Å². The summed E-state index contributed by atoms with van der Waals surface area (Å²) in [4.78, 5) is 22.6. The molecule has 0 aromatic carbocycles. The van der Waals surface area contributed by atoms with E-state index in [1.807, 2.05) is 13.8 Å². The maximum Gasteiger partial charge on any atom is 0.332 e. The number of ether oxygens (including phenoxy) is 9. The minimum Gasteiger partial charge on any atom is -0.464 e. The molecule has 35 heavy (non-hydrogen) atoms. The molecule has 0 amide bonds. The largest absolute Gasteiger partial charge is 0.464 e. The smallest absolute Gasteiger partial charge is 0.332 e. The zero-order valence-corrected chi connectivity index (χ0v) is 21.6. The van der Waals surface area contributed by atoms with Gasteiger partial charge in [0.15, 0.2) is 0 Å². The molecule has 11 nitrogen and oxygen atoms in total. The van der Waals surface area contributed by atoms with Gasteiger partial charge in [-0.2, -0.15) is 0 Å². The second kappa shape index (κ2) is 28.9. The second-order valence-electron chi connectivity index (χ2n) is 7.32. The molecule has 0 unspecified atom stereocenters. The molecule has 0 fully saturated rings.